The summed E-state index contributed by atoms with van der Waals surface area (Å²) in [6.07, 6.45) is 2.96. The Labute approximate surface area is 137 Å². The first-order chi connectivity index (χ1) is 10.6. The van der Waals surface area contributed by atoms with Gasteiger partial charge in [0, 0.05) is 18.4 Å². The number of aryl methyl sites for hydroxylation is 1. The van der Waals surface area contributed by atoms with Crippen LogP contribution in [-0.2, 0) is 13.1 Å². The van der Waals surface area contributed by atoms with E-state index in [9.17, 15) is 0 Å². The van der Waals surface area contributed by atoms with Crippen molar-refractivity contribution >= 4 is 23.0 Å². The lowest BCUT2D eigenvalue weighted by Crippen LogP contribution is -2.28. The van der Waals surface area contributed by atoms with Crippen LogP contribution in [0.2, 0.25) is 0 Å². The summed E-state index contributed by atoms with van der Waals surface area (Å²) in [4.78, 5) is 0. The van der Waals surface area contributed by atoms with Crippen LogP contribution in [0.1, 0.15) is 44.4 Å². The summed E-state index contributed by atoms with van der Waals surface area (Å²) in [7, 11) is 0. The highest BCUT2D eigenvalue weighted by Crippen LogP contribution is 2.20. The quantitative estimate of drug-likeness (QED) is 0.793. The van der Waals surface area contributed by atoms with E-state index in [4.69, 9.17) is 12.2 Å². The molecule has 0 saturated carbocycles. The van der Waals surface area contributed by atoms with Crippen molar-refractivity contribution < 1.29 is 0 Å². The summed E-state index contributed by atoms with van der Waals surface area (Å²) in [5.74, 6) is 0.591. The van der Waals surface area contributed by atoms with Crippen molar-refractivity contribution in [1.82, 2.24) is 15.1 Å². The van der Waals surface area contributed by atoms with E-state index in [-0.39, 0.29) is 0 Å². The smallest absolute Gasteiger partial charge is 0.171 e. The van der Waals surface area contributed by atoms with E-state index < -0.39 is 0 Å². The van der Waals surface area contributed by atoms with E-state index in [0.717, 1.165) is 24.3 Å². The zero-order valence-electron chi connectivity index (χ0n) is 13.5. The van der Waals surface area contributed by atoms with Gasteiger partial charge in [0.25, 0.3) is 0 Å². The topological polar surface area (TPSA) is 41.9 Å². The van der Waals surface area contributed by atoms with E-state index in [1.807, 2.05) is 16.9 Å². The SMILES string of the molecule is CCC(C)c1ccc(NC(=S)NCc2ccnn2CC)cc1. The highest BCUT2D eigenvalue weighted by Gasteiger charge is 2.04. The number of nitrogens with one attached hydrogen (secondary N) is 2. The zero-order chi connectivity index (χ0) is 15.9. The molecule has 0 aliphatic heterocycles. The Balaban J connectivity index is 1.86. The molecular weight excluding hydrogens is 292 g/mol. The van der Waals surface area contributed by atoms with Crippen molar-refractivity contribution in [3.63, 3.8) is 0 Å². The summed E-state index contributed by atoms with van der Waals surface area (Å²) >= 11 is 5.34. The largest absolute Gasteiger partial charge is 0.357 e. The fraction of sp³-hybridized carbons (Fsp3) is 0.412. The Morgan fingerprint density at radius 1 is 1.23 bits per heavy atom. The van der Waals surface area contributed by atoms with E-state index >= 15 is 0 Å². The third kappa shape index (κ3) is 4.31. The number of benzene rings is 1. The third-order valence-corrected chi connectivity index (χ3v) is 4.13. The molecule has 1 heterocycles. The molecule has 4 nitrogen and oxygen atoms in total. The molecule has 0 bridgehead atoms. The Hall–Kier alpha value is -1.88. The van der Waals surface area contributed by atoms with Crippen LogP contribution < -0.4 is 10.6 Å². The summed E-state index contributed by atoms with van der Waals surface area (Å²) < 4.78 is 1.95. The van der Waals surface area contributed by atoms with Gasteiger partial charge in [-0.15, -0.1) is 0 Å². The molecule has 0 saturated heterocycles. The second-order valence-corrected chi connectivity index (χ2v) is 5.79. The molecular formula is C17H24N4S. The van der Waals surface area contributed by atoms with Crippen LogP contribution in [0.25, 0.3) is 0 Å². The van der Waals surface area contributed by atoms with Gasteiger partial charge in [0.15, 0.2) is 5.11 Å². The van der Waals surface area contributed by atoms with Crippen LogP contribution in [-0.4, -0.2) is 14.9 Å². The minimum absolute atomic E-state index is 0.591. The molecule has 0 spiro atoms. The van der Waals surface area contributed by atoms with Crippen LogP contribution >= 0.6 is 12.2 Å². The molecule has 22 heavy (non-hydrogen) atoms. The minimum atomic E-state index is 0.591. The van der Waals surface area contributed by atoms with Crippen LogP contribution in [0.5, 0.6) is 0 Å². The fourth-order valence-corrected chi connectivity index (χ4v) is 2.46. The van der Waals surface area contributed by atoms with Gasteiger partial charge < -0.3 is 10.6 Å². The number of aromatic nitrogens is 2. The first kappa shape index (κ1) is 16.5. The molecule has 1 unspecified atom stereocenters. The van der Waals surface area contributed by atoms with Gasteiger partial charge in [-0.1, -0.05) is 26.0 Å². The fourth-order valence-electron chi connectivity index (χ4n) is 2.27. The number of rotatable bonds is 6. The minimum Gasteiger partial charge on any atom is -0.357 e. The average molecular weight is 316 g/mol. The second-order valence-electron chi connectivity index (χ2n) is 5.38. The molecule has 1 aromatic carbocycles. The van der Waals surface area contributed by atoms with Crippen molar-refractivity contribution in [2.75, 3.05) is 5.32 Å². The molecule has 0 radical (unpaired) electrons. The number of hydrogen-bond acceptors (Lipinski definition) is 2. The van der Waals surface area contributed by atoms with Crippen LogP contribution in [0, 0.1) is 0 Å². The Bertz CT molecular complexity index is 603. The molecule has 2 rings (SSSR count). The van der Waals surface area contributed by atoms with Crippen molar-refractivity contribution in [3.05, 3.63) is 47.8 Å². The van der Waals surface area contributed by atoms with E-state index in [0.29, 0.717) is 17.6 Å². The van der Waals surface area contributed by atoms with Crippen molar-refractivity contribution in [3.8, 4) is 0 Å². The third-order valence-electron chi connectivity index (χ3n) is 3.88. The lowest BCUT2D eigenvalue weighted by Gasteiger charge is -2.13. The van der Waals surface area contributed by atoms with Gasteiger partial charge in [0.1, 0.15) is 0 Å². The van der Waals surface area contributed by atoms with Crippen molar-refractivity contribution in [2.24, 2.45) is 0 Å². The zero-order valence-corrected chi connectivity index (χ0v) is 14.3. The van der Waals surface area contributed by atoms with E-state index in [1.54, 1.807) is 0 Å². The standard InChI is InChI=1S/C17H24N4S/c1-4-13(3)14-6-8-15(9-7-14)20-17(22)18-12-16-10-11-19-21(16)5-2/h6-11,13H,4-5,12H2,1-3H3,(H2,18,20,22). The predicted octanol–water partition coefficient (Wildman–Crippen LogP) is 3.90. The van der Waals surface area contributed by atoms with Crippen molar-refractivity contribution in [1.29, 1.82) is 0 Å². The molecule has 1 aromatic heterocycles. The molecule has 2 N–H and O–H groups in total. The van der Waals surface area contributed by atoms with Crippen molar-refractivity contribution in [2.45, 2.75) is 46.2 Å². The van der Waals surface area contributed by atoms with Gasteiger partial charge in [-0.25, -0.2) is 0 Å². The molecule has 0 fully saturated rings. The number of nitrogens with zero attached hydrogens (tertiary/aromatic N) is 2. The summed E-state index contributed by atoms with van der Waals surface area (Å²) in [6, 6.07) is 10.5. The Kier molecular flexibility index (Phi) is 5.95. The Morgan fingerprint density at radius 3 is 2.59 bits per heavy atom. The molecule has 5 heteroatoms. The normalized spacial score (nSPS) is 12.0. The molecule has 2 aromatic rings. The second kappa shape index (κ2) is 7.94. The molecule has 0 aliphatic rings. The number of thiocarbonyl (C=S) groups is 1. The lowest BCUT2D eigenvalue weighted by molar-refractivity contribution is 0.614. The summed E-state index contributed by atoms with van der Waals surface area (Å²) in [6.45, 7) is 8.06. The predicted molar refractivity (Wildman–Crippen MR) is 96.1 cm³/mol. The summed E-state index contributed by atoms with van der Waals surface area (Å²) in [5.41, 5.74) is 3.49. The van der Waals surface area contributed by atoms with Gasteiger partial charge >= 0.3 is 0 Å². The monoisotopic (exact) mass is 316 g/mol. The lowest BCUT2D eigenvalue weighted by atomic mass is 9.99. The highest BCUT2D eigenvalue weighted by molar-refractivity contribution is 7.80. The van der Waals surface area contributed by atoms with Gasteiger partial charge in [-0.2, -0.15) is 5.10 Å². The van der Waals surface area contributed by atoms with Crippen LogP contribution in [0.4, 0.5) is 5.69 Å². The first-order valence-electron chi connectivity index (χ1n) is 7.79. The van der Waals surface area contributed by atoms with Gasteiger partial charge in [-0.05, 0) is 55.2 Å². The maximum Gasteiger partial charge on any atom is 0.171 e. The number of hydrogen-bond donors (Lipinski definition) is 2. The highest BCUT2D eigenvalue weighted by atomic mass is 32.1. The van der Waals surface area contributed by atoms with E-state index in [2.05, 4.69) is 60.8 Å². The average Bonchev–Trinajstić information content (AvgIpc) is 3.00. The van der Waals surface area contributed by atoms with Gasteiger partial charge in [0.2, 0.25) is 0 Å². The Morgan fingerprint density at radius 2 is 1.95 bits per heavy atom. The summed E-state index contributed by atoms with van der Waals surface area (Å²) in [5, 5.41) is 11.3. The molecule has 0 aliphatic carbocycles. The van der Waals surface area contributed by atoms with Crippen LogP contribution in [0.15, 0.2) is 36.5 Å². The maximum absolute atomic E-state index is 5.34. The molecule has 0 amide bonds. The first-order valence-corrected chi connectivity index (χ1v) is 8.20. The molecule has 1 atom stereocenters. The maximum atomic E-state index is 5.34. The van der Waals surface area contributed by atoms with E-state index in [1.165, 1.54) is 5.56 Å². The van der Waals surface area contributed by atoms with Gasteiger partial charge in [0.05, 0.1) is 12.2 Å². The molecule has 118 valence electrons. The number of anilines is 1. The van der Waals surface area contributed by atoms with Crippen LogP contribution in [0.3, 0.4) is 0 Å². The van der Waals surface area contributed by atoms with Gasteiger partial charge in [-0.3, -0.25) is 4.68 Å².